The van der Waals surface area contributed by atoms with E-state index in [2.05, 4.69) is 53.6 Å². The second-order valence-corrected chi connectivity index (χ2v) is 9.50. The maximum Gasteiger partial charge on any atom is 0.258 e. The summed E-state index contributed by atoms with van der Waals surface area (Å²) in [4.78, 5) is 17.0. The van der Waals surface area contributed by atoms with Crippen LogP contribution in [0.4, 0.5) is 0 Å². The molecule has 0 spiro atoms. The molecule has 3 heterocycles. The van der Waals surface area contributed by atoms with Crippen LogP contribution < -0.4 is 5.56 Å². The van der Waals surface area contributed by atoms with Gasteiger partial charge in [0.05, 0.1) is 11.6 Å². The lowest BCUT2D eigenvalue weighted by molar-refractivity contribution is 0.114. The van der Waals surface area contributed by atoms with E-state index in [9.17, 15) is 4.79 Å². The Balaban J connectivity index is 1.40. The van der Waals surface area contributed by atoms with Gasteiger partial charge in [-0.15, -0.1) is 11.8 Å². The number of nitriles is 1. The molecule has 2 aliphatic rings. The largest absolute Gasteiger partial charge is 0.311 e. The zero-order chi connectivity index (χ0) is 21.4. The summed E-state index contributed by atoms with van der Waals surface area (Å²) >= 11 is 1.71. The van der Waals surface area contributed by atoms with Crippen LogP contribution in [0.5, 0.6) is 0 Å². The fourth-order valence-electron chi connectivity index (χ4n) is 5.16. The van der Waals surface area contributed by atoms with Gasteiger partial charge in [-0.25, -0.2) is 0 Å². The van der Waals surface area contributed by atoms with Crippen molar-refractivity contribution in [3.05, 3.63) is 87.8 Å². The zero-order valence-corrected chi connectivity index (χ0v) is 18.4. The monoisotopic (exact) mass is 427 g/mol. The van der Waals surface area contributed by atoms with Crippen LogP contribution in [0.1, 0.15) is 29.2 Å². The van der Waals surface area contributed by atoms with E-state index in [1.165, 1.54) is 16.2 Å². The average Bonchev–Trinajstić information content (AvgIpc) is 2.80. The van der Waals surface area contributed by atoms with E-state index < -0.39 is 0 Å². The molecule has 0 unspecified atom stereocenters. The number of pyridine rings is 1. The standard InChI is InChI=1S/C26H25N3OS/c1-31-23-7-5-21(6-8-23)24-9-10-25-22-12-20(16-29(25)26(24)30)15-28(17-22)14-19-4-2-3-18(11-19)13-27/h2-11,20,22H,12,14-17H2,1H3/t20-,22-/m1/s1. The first-order valence-electron chi connectivity index (χ1n) is 10.7. The van der Waals surface area contributed by atoms with Gasteiger partial charge in [0.2, 0.25) is 0 Å². The maximum absolute atomic E-state index is 13.4. The topological polar surface area (TPSA) is 49.0 Å². The average molecular weight is 428 g/mol. The molecule has 2 bridgehead atoms. The molecule has 0 N–H and O–H groups in total. The normalized spacial score (nSPS) is 20.1. The highest BCUT2D eigenvalue weighted by Crippen LogP contribution is 2.36. The van der Waals surface area contributed by atoms with E-state index in [1.807, 2.05) is 28.8 Å². The van der Waals surface area contributed by atoms with E-state index in [0.717, 1.165) is 43.7 Å². The highest BCUT2D eigenvalue weighted by Gasteiger charge is 2.35. The van der Waals surface area contributed by atoms with E-state index in [0.29, 0.717) is 17.4 Å². The molecule has 2 aromatic carbocycles. The molecule has 0 aliphatic carbocycles. The van der Waals surface area contributed by atoms with Crippen LogP contribution in [0, 0.1) is 17.2 Å². The van der Waals surface area contributed by atoms with Gasteiger partial charge in [0.1, 0.15) is 0 Å². The third-order valence-corrected chi connectivity index (χ3v) is 7.29. The molecular formula is C26H25N3OS. The molecule has 1 aromatic heterocycles. The Labute approximate surface area is 187 Å². The Bertz CT molecular complexity index is 1210. The lowest BCUT2D eigenvalue weighted by atomic mass is 9.82. The fourth-order valence-corrected chi connectivity index (χ4v) is 5.57. The summed E-state index contributed by atoms with van der Waals surface area (Å²) in [7, 11) is 0. The Kier molecular flexibility index (Phi) is 5.43. The SMILES string of the molecule is CSc1ccc(-c2ccc3n(c2=O)C[C@@H]2C[C@@H]3CN(Cc3cccc(C#N)c3)C2)cc1. The van der Waals surface area contributed by atoms with Gasteiger partial charge in [-0.3, -0.25) is 9.69 Å². The van der Waals surface area contributed by atoms with Gasteiger partial charge in [0.15, 0.2) is 0 Å². The molecule has 0 radical (unpaired) electrons. The minimum absolute atomic E-state index is 0.138. The van der Waals surface area contributed by atoms with E-state index >= 15 is 0 Å². The second kappa shape index (κ2) is 8.37. The number of fused-ring (bicyclic) bond motifs is 4. The predicted octanol–water partition coefficient (Wildman–Crippen LogP) is 4.73. The van der Waals surface area contributed by atoms with Gasteiger partial charge in [0, 0.05) is 48.2 Å². The van der Waals surface area contributed by atoms with Crippen LogP contribution in [0.25, 0.3) is 11.1 Å². The number of nitrogens with zero attached hydrogens (tertiary/aromatic N) is 3. The number of piperidine rings is 1. The third-order valence-electron chi connectivity index (χ3n) is 6.54. The lowest BCUT2D eigenvalue weighted by Crippen LogP contribution is -2.46. The number of rotatable bonds is 4. The van der Waals surface area contributed by atoms with Crippen molar-refractivity contribution in [1.29, 1.82) is 5.26 Å². The summed E-state index contributed by atoms with van der Waals surface area (Å²) < 4.78 is 2.03. The summed E-state index contributed by atoms with van der Waals surface area (Å²) in [5, 5.41) is 9.17. The minimum Gasteiger partial charge on any atom is -0.311 e. The summed E-state index contributed by atoms with van der Waals surface area (Å²) in [6.07, 6.45) is 3.21. The molecule has 5 rings (SSSR count). The first-order chi connectivity index (χ1) is 15.1. The maximum atomic E-state index is 13.4. The molecule has 1 saturated heterocycles. The molecule has 2 atom stereocenters. The molecule has 0 saturated carbocycles. The molecule has 0 amide bonds. The van der Waals surface area contributed by atoms with Gasteiger partial charge < -0.3 is 4.57 Å². The molecule has 3 aromatic rings. The third kappa shape index (κ3) is 3.94. The minimum atomic E-state index is 0.138. The molecule has 4 nitrogen and oxygen atoms in total. The van der Waals surface area contributed by atoms with Crippen LogP contribution >= 0.6 is 11.8 Å². The van der Waals surface area contributed by atoms with Crippen LogP contribution in [0.3, 0.4) is 0 Å². The van der Waals surface area contributed by atoms with Crippen molar-refractivity contribution < 1.29 is 0 Å². The van der Waals surface area contributed by atoms with Crippen molar-refractivity contribution in [1.82, 2.24) is 9.47 Å². The summed E-state index contributed by atoms with van der Waals surface area (Å²) in [5.74, 6) is 0.865. The summed E-state index contributed by atoms with van der Waals surface area (Å²) in [6.45, 7) is 3.59. The lowest BCUT2D eigenvalue weighted by Gasteiger charge is -2.43. The van der Waals surface area contributed by atoms with E-state index in [1.54, 1.807) is 11.8 Å². The predicted molar refractivity (Wildman–Crippen MR) is 125 cm³/mol. The van der Waals surface area contributed by atoms with Gasteiger partial charge in [-0.05, 0) is 66.1 Å². The van der Waals surface area contributed by atoms with Crippen molar-refractivity contribution in [3.8, 4) is 17.2 Å². The van der Waals surface area contributed by atoms with Crippen LogP contribution in [0.2, 0.25) is 0 Å². The number of thioether (sulfide) groups is 1. The van der Waals surface area contributed by atoms with Gasteiger partial charge in [-0.1, -0.05) is 24.3 Å². The first kappa shape index (κ1) is 20.1. The van der Waals surface area contributed by atoms with Crippen LogP contribution in [-0.2, 0) is 13.1 Å². The second-order valence-electron chi connectivity index (χ2n) is 8.62. The zero-order valence-electron chi connectivity index (χ0n) is 17.6. The van der Waals surface area contributed by atoms with Crippen molar-refractivity contribution in [3.63, 3.8) is 0 Å². The number of likely N-dealkylation sites (tertiary alicyclic amines) is 1. The number of hydrogen-bond donors (Lipinski definition) is 0. The number of aromatic nitrogens is 1. The molecule has 1 fully saturated rings. The number of hydrogen-bond acceptors (Lipinski definition) is 4. The first-order valence-corrected chi connectivity index (χ1v) is 12.0. The smallest absolute Gasteiger partial charge is 0.258 e. The van der Waals surface area contributed by atoms with Crippen LogP contribution in [-0.4, -0.2) is 28.8 Å². The quantitative estimate of drug-likeness (QED) is 0.565. The van der Waals surface area contributed by atoms with Crippen molar-refractivity contribution >= 4 is 11.8 Å². The highest BCUT2D eigenvalue weighted by atomic mass is 32.2. The van der Waals surface area contributed by atoms with Crippen molar-refractivity contribution in [2.75, 3.05) is 19.3 Å². The van der Waals surface area contributed by atoms with Gasteiger partial charge in [-0.2, -0.15) is 5.26 Å². The molecule has 2 aliphatic heterocycles. The van der Waals surface area contributed by atoms with Gasteiger partial charge in [0.25, 0.3) is 5.56 Å². The molecular weight excluding hydrogens is 402 g/mol. The summed E-state index contributed by atoms with van der Waals surface area (Å²) in [5.41, 5.74) is 4.99. The summed E-state index contributed by atoms with van der Waals surface area (Å²) in [6, 6.07) is 22.6. The Morgan fingerprint density at radius 3 is 2.68 bits per heavy atom. The Morgan fingerprint density at radius 2 is 1.90 bits per heavy atom. The van der Waals surface area contributed by atoms with E-state index in [4.69, 9.17) is 5.26 Å². The molecule has 5 heteroatoms. The van der Waals surface area contributed by atoms with Crippen molar-refractivity contribution in [2.24, 2.45) is 5.92 Å². The number of benzene rings is 2. The Hall–Kier alpha value is -2.81. The fraction of sp³-hybridized carbons (Fsp3) is 0.308. The Morgan fingerprint density at radius 1 is 1.06 bits per heavy atom. The molecule has 156 valence electrons. The van der Waals surface area contributed by atoms with Crippen molar-refractivity contribution in [2.45, 2.75) is 30.3 Å². The van der Waals surface area contributed by atoms with E-state index in [-0.39, 0.29) is 5.56 Å². The highest BCUT2D eigenvalue weighted by molar-refractivity contribution is 7.98. The molecule has 31 heavy (non-hydrogen) atoms. The van der Waals surface area contributed by atoms with Crippen LogP contribution in [0.15, 0.2) is 70.4 Å². The van der Waals surface area contributed by atoms with Gasteiger partial charge >= 0.3 is 0 Å².